The second-order valence-electron chi connectivity index (χ2n) is 7.80. The summed E-state index contributed by atoms with van der Waals surface area (Å²) in [7, 11) is 1.78. The molecule has 0 saturated carbocycles. The van der Waals surface area contributed by atoms with Gasteiger partial charge in [0, 0.05) is 45.1 Å². The number of amides is 2. The van der Waals surface area contributed by atoms with Gasteiger partial charge < -0.3 is 15.0 Å². The van der Waals surface area contributed by atoms with Gasteiger partial charge in [0.2, 0.25) is 0 Å². The molecular weight excluding hydrogens is 471 g/mol. The van der Waals surface area contributed by atoms with Crippen LogP contribution in [0.2, 0.25) is 0 Å². The van der Waals surface area contributed by atoms with Crippen molar-refractivity contribution in [3.05, 3.63) is 35.4 Å². The van der Waals surface area contributed by atoms with Crippen LogP contribution in [0.25, 0.3) is 0 Å². The minimum absolute atomic E-state index is 0. The molecule has 3 fully saturated rings. The van der Waals surface area contributed by atoms with E-state index in [1.807, 2.05) is 0 Å². The third-order valence-corrected chi connectivity index (χ3v) is 6.46. The summed E-state index contributed by atoms with van der Waals surface area (Å²) in [6.45, 7) is 2.77. The highest BCUT2D eigenvalue weighted by atomic mass is 127. The monoisotopic (exact) mass is 496 g/mol. The topological polar surface area (TPSA) is 74.2 Å². The van der Waals surface area contributed by atoms with Crippen LogP contribution < -0.4 is 5.32 Å². The summed E-state index contributed by atoms with van der Waals surface area (Å²) in [5.41, 5.74) is 0.990. The summed E-state index contributed by atoms with van der Waals surface area (Å²) in [5, 5.41) is 3.33. The Morgan fingerprint density at radius 2 is 1.68 bits per heavy atom. The number of guanidine groups is 1. The fourth-order valence-electron chi connectivity index (χ4n) is 5.19. The van der Waals surface area contributed by atoms with E-state index in [1.54, 1.807) is 31.3 Å². The zero-order valence-electron chi connectivity index (χ0n) is 15.8. The molecule has 7 nitrogen and oxygen atoms in total. The van der Waals surface area contributed by atoms with E-state index in [1.165, 1.54) is 17.7 Å². The fourth-order valence-corrected chi connectivity index (χ4v) is 5.19. The van der Waals surface area contributed by atoms with Gasteiger partial charge in [0.1, 0.15) is 0 Å². The molecule has 1 aromatic carbocycles. The van der Waals surface area contributed by atoms with Crippen molar-refractivity contribution in [2.45, 2.75) is 25.0 Å². The summed E-state index contributed by atoms with van der Waals surface area (Å²) < 4.78 is 6.04. The maximum atomic E-state index is 12.4. The Balaban J connectivity index is 0.00000192. The largest absolute Gasteiger partial charge is 0.374 e. The number of hydrogen-bond donors (Lipinski definition) is 1. The zero-order chi connectivity index (χ0) is 18.5. The number of nitrogens with one attached hydrogen (secondary N) is 1. The molecule has 0 aliphatic carbocycles. The number of carbonyl (C=O) groups is 2. The van der Waals surface area contributed by atoms with Gasteiger partial charge in [0.05, 0.1) is 23.3 Å². The summed E-state index contributed by atoms with van der Waals surface area (Å²) in [4.78, 5) is 32.9. The Labute approximate surface area is 181 Å². The Bertz CT molecular complexity index is 776. The molecule has 0 radical (unpaired) electrons. The predicted octanol–water partition coefficient (Wildman–Crippen LogP) is 1.59. The van der Waals surface area contributed by atoms with Crippen molar-refractivity contribution in [2.75, 3.05) is 33.2 Å². The normalized spacial score (nSPS) is 30.5. The summed E-state index contributed by atoms with van der Waals surface area (Å²) in [6.07, 6.45) is 3.21. The highest BCUT2D eigenvalue weighted by Gasteiger charge is 2.53. The first kappa shape index (κ1) is 19.6. The lowest BCUT2D eigenvalue weighted by Crippen LogP contribution is -2.45. The Kier molecular flexibility index (Phi) is 5.34. The number of carbonyl (C=O) groups excluding carboxylic acids is 2. The van der Waals surface area contributed by atoms with E-state index in [-0.39, 0.29) is 35.8 Å². The first-order valence-electron chi connectivity index (χ1n) is 9.73. The first-order chi connectivity index (χ1) is 13.2. The first-order valence-corrected chi connectivity index (χ1v) is 9.73. The molecule has 2 amide bonds. The lowest BCUT2D eigenvalue weighted by Gasteiger charge is -2.24. The number of aliphatic imine (C=N–C) groups is 1. The van der Waals surface area contributed by atoms with Crippen LogP contribution >= 0.6 is 24.0 Å². The zero-order valence-corrected chi connectivity index (χ0v) is 18.2. The van der Waals surface area contributed by atoms with E-state index < -0.39 is 0 Å². The molecule has 150 valence electrons. The highest BCUT2D eigenvalue weighted by Crippen LogP contribution is 2.47. The van der Waals surface area contributed by atoms with Crippen molar-refractivity contribution in [1.82, 2.24) is 15.1 Å². The van der Waals surface area contributed by atoms with Gasteiger partial charge in [-0.1, -0.05) is 12.1 Å². The molecule has 4 aliphatic rings. The van der Waals surface area contributed by atoms with Crippen LogP contribution in [0.4, 0.5) is 0 Å². The average Bonchev–Trinajstić information content (AvgIpc) is 3.43. The lowest BCUT2D eigenvalue weighted by molar-refractivity contribution is 0.0655. The van der Waals surface area contributed by atoms with Gasteiger partial charge in [-0.2, -0.15) is 0 Å². The molecule has 5 rings (SSSR count). The van der Waals surface area contributed by atoms with Crippen LogP contribution in [0.3, 0.4) is 0 Å². The number of halogens is 1. The van der Waals surface area contributed by atoms with Crippen LogP contribution in [-0.4, -0.2) is 73.0 Å². The van der Waals surface area contributed by atoms with Crippen molar-refractivity contribution < 1.29 is 14.3 Å². The maximum Gasteiger partial charge on any atom is 0.261 e. The van der Waals surface area contributed by atoms with Gasteiger partial charge >= 0.3 is 0 Å². The molecule has 1 N–H and O–H groups in total. The molecule has 4 atom stereocenters. The lowest BCUT2D eigenvalue weighted by atomic mass is 9.82. The van der Waals surface area contributed by atoms with Crippen LogP contribution in [0.5, 0.6) is 0 Å². The summed E-state index contributed by atoms with van der Waals surface area (Å²) in [5.74, 6) is 1.64. The van der Waals surface area contributed by atoms with Crippen molar-refractivity contribution >= 4 is 41.8 Å². The molecule has 0 spiro atoms. The van der Waals surface area contributed by atoms with Crippen LogP contribution in [-0.2, 0) is 4.74 Å². The standard InChI is InChI=1S/C20H24N4O3.HI/c1-21-20(23-10-14-15(11-23)17-7-6-16(14)27-17)22-8-9-24-18(25)12-4-2-3-5-13(12)19(24)26;/h2-5,14-17H,6-11H2,1H3,(H,21,22);1H. The fraction of sp³-hybridized carbons (Fsp3) is 0.550. The van der Waals surface area contributed by atoms with Crippen molar-refractivity contribution in [1.29, 1.82) is 0 Å². The predicted molar refractivity (Wildman–Crippen MR) is 115 cm³/mol. The molecule has 4 unspecified atom stereocenters. The van der Waals surface area contributed by atoms with E-state index >= 15 is 0 Å². The van der Waals surface area contributed by atoms with Gasteiger partial charge in [0.15, 0.2) is 5.96 Å². The number of likely N-dealkylation sites (tertiary alicyclic amines) is 1. The Morgan fingerprint density at radius 1 is 1.11 bits per heavy atom. The van der Waals surface area contributed by atoms with Crippen molar-refractivity contribution in [3.63, 3.8) is 0 Å². The van der Waals surface area contributed by atoms with E-state index in [9.17, 15) is 9.59 Å². The maximum absolute atomic E-state index is 12.4. The van der Waals surface area contributed by atoms with Gasteiger partial charge in [-0.15, -0.1) is 24.0 Å². The average molecular weight is 496 g/mol. The number of benzene rings is 1. The van der Waals surface area contributed by atoms with Crippen LogP contribution in [0, 0.1) is 11.8 Å². The third kappa shape index (κ3) is 3.01. The molecule has 1 aromatic rings. The van der Waals surface area contributed by atoms with E-state index in [2.05, 4.69) is 15.2 Å². The molecule has 0 aromatic heterocycles. The SMILES string of the molecule is CN=C(NCCN1C(=O)c2ccccc2C1=O)N1CC2C3CCC(O3)C2C1.I. The van der Waals surface area contributed by atoms with Crippen LogP contribution in [0.1, 0.15) is 33.6 Å². The van der Waals surface area contributed by atoms with Gasteiger partial charge in [-0.3, -0.25) is 19.5 Å². The minimum atomic E-state index is -0.211. The number of ether oxygens (including phenoxy) is 1. The Hall–Kier alpha value is -1.68. The second-order valence-corrected chi connectivity index (χ2v) is 7.80. The molecule has 4 aliphatic heterocycles. The molecular formula is C20H25IN4O3. The van der Waals surface area contributed by atoms with E-state index in [4.69, 9.17) is 4.74 Å². The molecule has 2 bridgehead atoms. The second kappa shape index (κ2) is 7.62. The quantitative estimate of drug-likeness (QED) is 0.298. The molecule has 8 heteroatoms. The third-order valence-electron chi connectivity index (χ3n) is 6.46. The van der Waals surface area contributed by atoms with Crippen LogP contribution in [0.15, 0.2) is 29.3 Å². The molecule has 3 saturated heterocycles. The van der Waals surface area contributed by atoms with Crippen molar-refractivity contribution in [2.24, 2.45) is 16.8 Å². The Morgan fingerprint density at radius 3 is 2.21 bits per heavy atom. The summed E-state index contributed by atoms with van der Waals surface area (Å²) in [6, 6.07) is 6.99. The number of hydrogen-bond acceptors (Lipinski definition) is 4. The van der Waals surface area contributed by atoms with Gasteiger partial charge in [0.25, 0.3) is 11.8 Å². The number of nitrogens with zero attached hydrogens (tertiary/aromatic N) is 3. The molecule has 28 heavy (non-hydrogen) atoms. The molecule has 4 heterocycles. The number of rotatable bonds is 3. The van der Waals surface area contributed by atoms with Gasteiger partial charge in [-0.05, 0) is 25.0 Å². The minimum Gasteiger partial charge on any atom is -0.374 e. The van der Waals surface area contributed by atoms with E-state index in [0.29, 0.717) is 48.3 Å². The smallest absolute Gasteiger partial charge is 0.261 e. The van der Waals surface area contributed by atoms with Crippen molar-refractivity contribution in [3.8, 4) is 0 Å². The summed E-state index contributed by atoms with van der Waals surface area (Å²) >= 11 is 0. The van der Waals surface area contributed by atoms with E-state index in [0.717, 1.165) is 19.0 Å². The van der Waals surface area contributed by atoms with Gasteiger partial charge in [-0.25, -0.2) is 0 Å². The number of imide groups is 1. The number of fused-ring (bicyclic) bond motifs is 6. The highest BCUT2D eigenvalue weighted by molar-refractivity contribution is 14.0.